The quantitative estimate of drug-likeness (QED) is 0.294. The van der Waals surface area contributed by atoms with Gasteiger partial charge in [0.2, 0.25) is 0 Å². The third kappa shape index (κ3) is 6.10. The minimum atomic E-state index is -0.742. The van der Waals surface area contributed by atoms with Crippen LogP contribution in [0, 0.1) is 17.7 Å². The van der Waals surface area contributed by atoms with Gasteiger partial charge >= 0.3 is 5.97 Å². The van der Waals surface area contributed by atoms with Crippen molar-refractivity contribution in [3.05, 3.63) is 65.2 Å². The number of aromatic nitrogens is 2. The zero-order valence-corrected chi connectivity index (χ0v) is 23.6. The maximum absolute atomic E-state index is 14.2. The standard InChI is InChI=1S/C31H42FN3O3/c1-20(2)29-23-14-13-22(32)18-24(23)27(37-6)19-31(29,38-30(36)21(3)4)15-17-35(5)16-9-12-28-33-25-10-7-8-11-26(25)34-28/h7-8,10-11,13-14,18,20-21,27,29H,9,12,15-17,19H2,1-6H3,(H,33,34)/t27-,29-,31+/m0/s1. The lowest BCUT2D eigenvalue weighted by atomic mass is 9.64. The summed E-state index contributed by atoms with van der Waals surface area (Å²) in [5.41, 5.74) is 3.20. The van der Waals surface area contributed by atoms with Gasteiger partial charge in [0.1, 0.15) is 17.2 Å². The normalized spacial score (nSPS) is 21.4. The molecule has 1 N–H and O–H groups in total. The number of aryl methyl sites for hydroxylation is 1. The Morgan fingerprint density at radius 2 is 1.92 bits per heavy atom. The number of nitrogens with zero attached hydrogens (tertiary/aromatic N) is 2. The second-order valence-corrected chi connectivity index (χ2v) is 11.4. The van der Waals surface area contributed by atoms with E-state index in [1.54, 1.807) is 13.2 Å². The van der Waals surface area contributed by atoms with Gasteiger partial charge < -0.3 is 19.4 Å². The largest absolute Gasteiger partial charge is 0.458 e. The zero-order valence-electron chi connectivity index (χ0n) is 23.6. The molecule has 6 nitrogen and oxygen atoms in total. The average Bonchev–Trinajstić information content (AvgIpc) is 3.29. The highest BCUT2D eigenvalue weighted by molar-refractivity contribution is 5.74. The van der Waals surface area contributed by atoms with Crippen LogP contribution in [0.25, 0.3) is 11.0 Å². The van der Waals surface area contributed by atoms with Gasteiger partial charge in [-0.15, -0.1) is 0 Å². The molecule has 0 aliphatic heterocycles. The molecule has 0 fully saturated rings. The molecule has 3 aromatic rings. The van der Waals surface area contributed by atoms with Crippen molar-refractivity contribution >= 4 is 17.0 Å². The lowest BCUT2D eigenvalue weighted by Gasteiger charge is -2.49. The molecule has 0 spiro atoms. The molecule has 3 atom stereocenters. The first kappa shape index (κ1) is 28.2. The molecule has 4 rings (SSSR count). The Morgan fingerprint density at radius 1 is 1.16 bits per heavy atom. The first-order valence-electron chi connectivity index (χ1n) is 13.8. The Labute approximate surface area is 225 Å². The number of methoxy groups -OCH3 is 1. The van der Waals surface area contributed by atoms with E-state index >= 15 is 0 Å². The van der Waals surface area contributed by atoms with Gasteiger partial charge in [-0.2, -0.15) is 0 Å². The van der Waals surface area contributed by atoms with Crippen molar-refractivity contribution in [1.29, 1.82) is 0 Å². The molecule has 7 heteroatoms. The highest BCUT2D eigenvalue weighted by atomic mass is 19.1. The second kappa shape index (κ2) is 12.0. The van der Waals surface area contributed by atoms with Crippen LogP contribution in [-0.2, 0) is 20.7 Å². The van der Waals surface area contributed by atoms with Gasteiger partial charge in [0, 0.05) is 38.8 Å². The molecule has 1 aliphatic rings. The number of hydrogen-bond donors (Lipinski definition) is 1. The maximum atomic E-state index is 14.2. The van der Waals surface area contributed by atoms with Gasteiger partial charge in [0.25, 0.3) is 0 Å². The van der Waals surface area contributed by atoms with E-state index in [2.05, 4.69) is 30.8 Å². The van der Waals surface area contributed by atoms with E-state index in [0.717, 1.165) is 53.9 Å². The molecule has 0 radical (unpaired) electrons. The van der Waals surface area contributed by atoms with E-state index in [-0.39, 0.29) is 35.6 Å². The fourth-order valence-corrected chi connectivity index (χ4v) is 5.98. The van der Waals surface area contributed by atoms with E-state index in [0.29, 0.717) is 12.8 Å². The Morgan fingerprint density at radius 3 is 2.61 bits per heavy atom. The minimum Gasteiger partial charge on any atom is -0.458 e. The minimum absolute atomic E-state index is 0.0591. The summed E-state index contributed by atoms with van der Waals surface area (Å²) < 4.78 is 26.5. The van der Waals surface area contributed by atoms with Gasteiger partial charge in [-0.1, -0.05) is 45.9 Å². The number of ether oxygens (including phenoxy) is 2. The summed E-state index contributed by atoms with van der Waals surface area (Å²) in [6.45, 7) is 9.70. The third-order valence-electron chi connectivity index (χ3n) is 7.86. The number of esters is 1. The number of carbonyl (C=O) groups excluding carboxylic acids is 1. The second-order valence-electron chi connectivity index (χ2n) is 11.4. The topological polar surface area (TPSA) is 67.4 Å². The fourth-order valence-electron chi connectivity index (χ4n) is 5.98. The van der Waals surface area contributed by atoms with Gasteiger partial charge in [-0.3, -0.25) is 4.79 Å². The number of benzene rings is 2. The molecule has 0 bridgehead atoms. The molecule has 1 aromatic heterocycles. The smallest absolute Gasteiger partial charge is 0.308 e. The van der Waals surface area contributed by atoms with Crippen LogP contribution in [0.2, 0.25) is 0 Å². The van der Waals surface area contributed by atoms with Crippen molar-refractivity contribution in [3.8, 4) is 0 Å². The monoisotopic (exact) mass is 523 g/mol. The van der Waals surface area contributed by atoms with Gasteiger partial charge in [-0.25, -0.2) is 9.37 Å². The zero-order chi connectivity index (χ0) is 27.4. The van der Waals surface area contributed by atoms with Crippen LogP contribution in [0.4, 0.5) is 4.39 Å². The summed E-state index contributed by atoms with van der Waals surface area (Å²) in [4.78, 5) is 23.4. The summed E-state index contributed by atoms with van der Waals surface area (Å²) in [6.07, 6.45) is 2.67. The van der Waals surface area contributed by atoms with Crippen LogP contribution in [0.5, 0.6) is 0 Å². The molecule has 0 saturated carbocycles. The van der Waals surface area contributed by atoms with Gasteiger partial charge in [0.15, 0.2) is 0 Å². The summed E-state index contributed by atoms with van der Waals surface area (Å²) in [6, 6.07) is 13.0. The van der Waals surface area contributed by atoms with E-state index in [1.807, 2.05) is 44.2 Å². The van der Waals surface area contributed by atoms with Crippen LogP contribution in [-0.4, -0.2) is 53.7 Å². The number of rotatable bonds is 11. The predicted molar refractivity (Wildman–Crippen MR) is 149 cm³/mol. The Kier molecular flexibility index (Phi) is 8.89. The summed E-state index contributed by atoms with van der Waals surface area (Å²) in [5.74, 6) is 0.414. The number of halogens is 1. The van der Waals surface area contributed by atoms with Crippen LogP contribution in [0.1, 0.15) is 75.9 Å². The molecule has 0 unspecified atom stereocenters. The lowest BCUT2D eigenvalue weighted by Crippen LogP contribution is -2.50. The van der Waals surface area contributed by atoms with E-state index in [4.69, 9.17) is 14.5 Å². The fraction of sp³-hybridized carbons (Fsp3) is 0.548. The van der Waals surface area contributed by atoms with Crippen molar-refractivity contribution in [2.45, 2.75) is 71.0 Å². The molecule has 2 aromatic carbocycles. The van der Waals surface area contributed by atoms with Crippen LogP contribution in [0.15, 0.2) is 42.5 Å². The Balaban J connectivity index is 1.51. The Hall–Kier alpha value is -2.77. The van der Waals surface area contributed by atoms with Crippen molar-refractivity contribution in [2.75, 3.05) is 27.2 Å². The molecule has 206 valence electrons. The maximum Gasteiger partial charge on any atom is 0.308 e. The molecular weight excluding hydrogens is 481 g/mol. The lowest BCUT2D eigenvalue weighted by molar-refractivity contribution is -0.177. The number of para-hydroxylation sites is 2. The number of hydrogen-bond acceptors (Lipinski definition) is 5. The number of H-pyrrole nitrogens is 1. The van der Waals surface area contributed by atoms with Crippen LogP contribution in [0.3, 0.4) is 0 Å². The van der Waals surface area contributed by atoms with Gasteiger partial charge in [-0.05, 0) is 61.3 Å². The summed E-state index contributed by atoms with van der Waals surface area (Å²) in [7, 11) is 3.76. The molecule has 0 amide bonds. The third-order valence-corrected chi connectivity index (χ3v) is 7.86. The van der Waals surface area contributed by atoms with Crippen molar-refractivity contribution in [1.82, 2.24) is 14.9 Å². The summed E-state index contributed by atoms with van der Waals surface area (Å²) >= 11 is 0. The number of nitrogens with one attached hydrogen (secondary N) is 1. The van der Waals surface area contributed by atoms with Crippen molar-refractivity contribution in [2.24, 2.45) is 11.8 Å². The highest BCUT2D eigenvalue weighted by Gasteiger charge is 2.51. The average molecular weight is 524 g/mol. The van der Waals surface area contributed by atoms with E-state index in [9.17, 15) is 9.18 Å². The number of carbonyl (C=O) groups is 1. The predicted octanol–water partition coefficient (Wildman–Crippen LogP) is 6.43. The Bertz CT molecular complexity index is 1210. The first-order chi connectivity index (χ1) is 18.1. The first-order valence-corrected chi connectivity index (χ1v) is 13.8. The highest BCUT2D eigenvalue weighted by Crippen LogP contribution is 2.52. The molecule has 38 heavy (non-hydrogen) atoms. The van der Waals surface area contributed by atoms with E-state index < -0.39 is 5.60 Å². The van der Waals surface area contributed by atoms with Crippen LogP contribution >= 0.6 is 0 Å². The molecule has 1 heterocycles. The van der Waals surface area contributed by atoms with Crippen molar-refractivity contribution < 1.29 is 18.7 Å². The SMILES string of the molecule is CO[C@H]1C[C@@](CCN(C)CCCc2nc3ccccc3[nH]2)(OC(=O)C(C)C)[C@@H](C(C)C)c2ccc(F)cc21. The van der Waals surface area contributed by atoms with E-state index in [1.165, 1.54) is 6.07 Å². The van der Waals surface area contributed by atoms with Crippen LogP contribution < -0.4 is 0 Å². The summed E-state index contributed by atoms with van der Waals surface area (Å²) in [5, 5.41) is 0. The van der Waals surface area contributed by atoms with Crippen molar-refractivity contribution in [3.63, 3.8) is 0 Å². The number of imidazole rings is 1. The molecular formula is C31H42FN3O3. The van der Waals surface area contributed by atoms with Gasteiger partial charge in [0.05, 0.1) is 23.1 Å². The number of aromatic amines is 1. The molecule has 0 saturated heterocycles. The number of fused-ring (bicyclic) bond motifs is 2. The molecule has 1 aliphatic carbocycles.